The molecule has 0 bridgehead atoms. The number of aliphatic carboxylic acids is 1. The minimum absolute atomic E-state index is 0.0597. The van der Waals surface area contributed by atoms with E-state index in [-0.39, 0.29) is 18.0 Å². The highest BCUT2D eigenvalue weighted by atomic mass is 16.4. The van der Waals surface area contributed by atoms with Gasteiger partial charge >= 0.3 is 5.97 Å². The van der Waals surface area contributed by atoms with Gasteiger partial charge in [-0.1, -0.05) is 6.92 Å². The summed E-state index contributed by atoms with van der Waals surface area (Å²) in [7, 11) is 0. The number of nitrogens with one attached hydrogen (secondary N) is 1. The molecule has 1 aromatic heterocycles. The molecule has 0 saturated carbocycles. The van der Waals surface area contributed by atoms with Gasteiger partial charge in [-0.2, -0.15) is 0 Å². The molecule has 0 saturated heterocycles. The highest BCUT2D eigenvalue weighted by molar-refractivity contribution is 5.94. The summed E-state index contributed by atoms with van der Waals surface area (Å²) < 4.78 is 0. The van der Waals surface area contributed by atoms with Crippen molar-refractivity contribution in [2.75, 3.05) is 6.54 Å². The first-order valence-corrected chi connectivity index (χ1v) is 5.17. The van der Waals surface area contributed by atoms with Crippen molar-refractivity contribution in [1.82, 2.24) is 10.3 Å². The molecular formula is C11H14N2O4. The monoisotopic (exact) mass is 238 g/mol. The molecule has 0 spiro atoms. The predicted molar refractivity (Wildman–Crippen MR) is 59.7 cm³/mol. The standard InChI is InChI=1S/C11H14N2O4/c1-7(11(16)17)4-6-13-10(15)9-8(14)3-2-5-12-9/h2-3,5,7,14H,4,6H2,1H3,(H,13,15)(H,16,17). The maximum Gasteiger partial charge on any atom is 0.306 e. The van der Waals surface area contributed by atoms with E-state index in [4.69, 9.17) is 5.11 Å². The van der Waals surface area contributed by atoms with Crippen molar-refractivity contribution in [2.24, 2.45) is 5.92 Å². The second kappa shape index (κ2) is 5.83. The van der Waals surface area contributed by atoms with Gasteiger partial charge in [-0.25, -0.2) is 4.98 Å². The average Bonchev–Trinajstić information content (AvgIpc) is 2.29. The summed E-state index contributed by atoms with van der Waals surface area (Å²) in [5, 5.41) is 20.5. The number of hydrogen-bond acceptors (Lipinski definition) is 4. The van der Waals surface area contributed by atoms with Crippen LogP contribution in [-0.2, 0) is 4.79 Å². The van der Waals surface area contributed by atoms with E-state index in [1.165, 1.54) is 18.3 Å². The molecule has 6 nitrogen and oxygen atoms in total. The largest absolute Gasteiger partial charge is 0.505 e. The van der Waals surface area contributed by atoms with Gasteiger partial charge in [0.25, 0.3) is 5.91 Å². The number of rotatable bonds is 5. The summed E-state index contributed by atoms with van der Waals surface area (Å²) in [4.78, 5) is 25.8. The average molecular weight is 238 g/mol. The van der Waals surface area contributed by atoms with Gasteiger partial charge in [0.15, 0.2) is 5.69 Å². The molecule has 0 fully saturated rings. The molecule has 0 aliphatic heterocycles. The quantitative estimate of drug-likeness (QED) is 0.698. The lowest BCUT2D eigenvalue weighted by Gasteiger charge is -2.08. The fourth-order valence-corrected chi connectivity index (χ4v) is 1.18. The molecule has 17 heavy (non-hydrogen) atoms. The SMILES string of the molecule is CC(CCNC(=O)c1ncccc1O)C(=O)O. The highest BCUT2D eigenvalue weighted by Gasteiger charge is 2.14. The van der Waals surface area contributed by atoms with Crippen molar-refractivity contribution in [3.8, 4) is 5.75 Å². The van der Waals surface area contributed by atoms with Gasteiger partial charge in [0.1, 0.15) is 5.75 Å². The van der Waals surface area contributed by atoms with Crippen LogP contribution < -0.4 is 5.32 Å². The number of nitrogens with zero attached hydrogens (tertiary/aromatic N) is 1. The number of pyridine rings is 1. The van der Waals surface area contributed by atoms with Crippen molar-refractivity contribution in [3.05, 3.63) is 24.0 Å². The lowest BCUT2D eigenvalue weighted by atomic mass is 10.1. The van der Waals surface area contributed by atoms with E-state index in [1.54, 1.807) is 6.92 Å². The Labute approximate surface area is 98.3 Å². The van der Waals surface area contributed by atoms with E-state index in [9.17, 15) is 14.7 Å². The zero-order chi connectivity index (χ0) is 12.8. The Morgan fingerprint density at radius 3 is 2.82 bits per heavy atom. The third-order valence-corrected chi connectivity index (χ3v) is 2.29. The molecule has 0 radical (unpaired) electrons. The van der Waals surface area contributed by atoms with Crippen molar-refractivity contribution >= 4 is 11.9 Å². The molecular weight excluding hydrogens is 224 g/mol. The fraction of sp³-hybridized carbons (Fsp3) is 0.364. The molecule has 6 heteroatoms. The van der Waals surface area contributed by atoms with Crippen LogP contribution in [0.5, 0.6) is 5.75 Å². The minimum Gasteiger partial charge on any atom is -0.505 e. The fourth-order valence-electron chi connectivity index (χ4n) is 1.18. The number of carbonyl (C=O) groups is 2. The number of carboxylic acid groups (broad SMARTS) is 1. The van der Waals surface area contributed by atoms with E-state index in [1.807, 2.05) is 0 Å². The molecule has 92 valence electrons. The minimum atomic E-state index is -0.903. The number of carboxylic acids is 1. The first-order valence-electron chi connectivity index (χ1n) is 5.17. The topological polar surface area (TPSA) is 99.5 Å². The highest BCUT2D eigenvalue weighted by Crippen LogP contribution is 2.12. The van der Waals surface area contributed by atoms with Crippen LogP contribution in [0.2, 0.25) is 0 Å². The predicted octanol–water partition coefficient (Wildman–Crippen LogP) is 0.628. The van der Waals surface area contributed by atoms with Crippen LogP contribution in [0.15, 0.2) is 18.3 Å². The second-order valence-electron chi connectivity index (χ2n) is 3.65. The molecule has 1 amide bonds. The van der Waals surface area contributed by atoms with Crippen LogP contribution in [0.3, 0.4) is 0 Å². The van der Waals surface area contributed by atoms with E-state index < -0.39 is 17.8 Å². The van der Waals surface area contributed by atoms with E-state index >= 15 is 0 Å². The van der Waals surface area contributed by atoms with Gasteiger partial charge in [0, 0.05) is 12.7 Å². The molecule has 1 rings (SSSR count). The lowest BCUT2D eigenvalue weighted by Crippen LogP contribution is -2.27. The van der Waals surface area contributed by atoms with Crippen molar-refractivity contribution < 1.29 is 19.8 Å². The van der Waals surface area contributed by atoms with Crippen LogP contribution in [0.25, 0.3) is 0 Å². The van der Waals surface area contributed by atoms with Gasteiger partial charge in [-0.15, -0.1) is 0 Å². The number of hydrogen-bond donors (Lipinski definition) is 3. The molecule has 1 unspecified atom stereocenters. The van der Waals surface area contributed by atoms with Crippen LogP contribution in [-0.4, -0.2) is 33.6 Å². The van der Waals surface area contributed by atoms with Crippen LogP contribution in [0, 0.1) is 5.92 Å². The molecule has 0 aliphatic carbocycles. The Hall–Kier alpha value is -2.11. The van der Waals surface area contributed by atoms with Crippen LogP contribution in [0.1, 0.15) is 23.8 Å². The summed E-state index contributed by atoms with van der Waals surface area (Å²) >= 11 is 0. The Balaban J connectivity index is 2.46. The van der Waals surface area contributed by atoms with E-state index in [2.05, 4.69) is 10.3 Å². The smallest absolute Gasteiger partial charge is 0.306 e. The van der Waals surface area contributed by atoms with Gasteiger partial charge in [0.2, 0.25) is 0 Å². The maximum absolute atomic E-state index is 11.5. The number of aromatic hydroxyl groups is 1. The van der Waals surface area contributed by atoms with E-state index in [0.29, 0.717) is 6.42 Å². The Morgan fingerprint density at radius 1 is 1.53 bits per heavy atom. The van der Waals surface area contributed by atoms with Gasteiger partial charge in [-0.3, -0.25) is 9.59 Å². The van der Waals surface area contributed by atoms with Crippen LogP contribution >= 0.6 is 0 Å². The van der Waals surface area contributed by atoms with Gasteiger partial charge in [0.05, 0.1) is 5.92 Å². The summed E-state index contributed by atoms with van der Waals surface area (Å²) in [6.45, 7) is 1.79. The maximum atomic E-state index is 11.5. The Bertz CT molecular complexity index is 420. The number of aromatic nitrogens is 1. The summed E-state index contributed by atoms with van der Waals surface area (Å²) in [6.07, 6.45) is 1.73. The lowest BCUT2D eigenvalue weighted by molar-refractivity contribution is -0.141. The van der Waals surface area contributed by atoms with Crippen molar-refractivity contribution in [2.45, 2.75) is 13.3 Å². The zero-order valence-electron chi connectivity index (χ0n) is 9.38. The molecule has 0 aromatic carbocycles. The third kappa shape index (κ3) is 3.75. The third-order valence-electron chi connectivity index (χ3n) is 2.29. The Kier molecular flexibility index (Phi) is 4.45. The van der Waals surface area contributed by atoms with E-state index in [0.717, 1.165) is 0 Å². The molecule has 1 aromatic rings. The first-order chi connectivity index (χ1) is 8.02. The van der Waals surface area contributed by atoms with Crippen LogP contribution in [0.4, 0.5) is 0 Å². The second-order valence-corrected chi connectivity index (χ2v) is 3.65. The Morgan fingerprint density at radius 2 is 2.24 bits per heavy atom. The zero-order valence-corrected chi connectivity index (χ0v) is 9.38. The summed E-state index contributed by atoms with van der Waals surface area (Å²) in [6, 6.07) is 2.88. The first kappa shape index (κ1) is 13.0. The molecule has 1 heterocycles. The van der Waals surface area contributed by atoms with Gasteiger partial charge in [-0.05, 0) is 18.6 Å². The summed E-state index contributed by atoms with van der Waals surface area (Å²) in [5.74, 6) is -2.13. The number of carbonyl (C=O) groups excluding carboxylic acids is 1. The molecule has 1 atom stereocenters. The normalized spacial score (nSPS) is 11.8. The summed E-state index contributed by atoms with van der Waals surface area (Å²) in [5.41, 5.74) is -0.0597. The van der Waals surface area contributed by atoms with Crippen molar-refractivity contribution in [1.29, 1.82) is 0 Å². The number of amides is 1. The molecule has 3 N–H and O–H groups in total. The van der Waals surface area contributed by atoms with Crippen molar-refractivity contribution in [3.63, 3.8) is 0 Å². The van der Waals surface area contributed by atoms with Gasteiger partial charge < -0.3 is 15.5 Å². The molecule has 0 aliphatic rings.